The highest BCUT2D eigenvalue weighted by atomic mass is 35.5. The van der Waals surface area contributed by atoms with Gasteiger partial charge in [-0.3, -0.25) is 4.79 Å². The molecular weight excluding hydrogens is 374 g/mol. The van der Waals surface area contributed by atoms with Crippen molar-refractivity contribution in [1.82, 2.24) is 14.7 Å². The number of hydrogen-bond donors (Lipinski definition) is 0. The van der Waals surface area contributed by atoms with E-state index >= 15 is 0 Å². The van der Waals surface area contributed by atoms with E-state index in [0.29, 0.717) is 17.3 Å². The van der Waals surface area contributed by atoms with Gasteiger partial charge in [-0.1, -0.05) is 29.8 Å². The highest BCUT2D eigenvalue weighted by Crippen LogP contribution is 2.21. The van der Waals surface area contributed by atoms with Gasteiger partial charge in [0, 0.05) is 29.9 Å². The Balaban J connectivity index is 1.71. The summed E-state index contributed by atoms with van der Waals surface area (Å²) in [4.78, 5) is 14.4. The molecule has 5 nitrogen and oxygen atoms in total. The zero-order valence-electron chi connectivity index (χ0n) is 16.5. The van der Waals surface area contributed by atoms with Gasteiger partial charge >= 0.3 is 0 Å². The lowest BCUT2D eigenvalue weighted by Crippen LogP contribution is -2.37. The van der Waals surface area contributed by atoms with Crippen LogP contribution in [0.15, 0.2) is 54.6 Å². The first-order valence-electron chi connectivity index (χ1n) is 9.14. The molecule has 146 valence electrons. The van der Waals surface area contributed by atoms with Gasteiger partial charge in [0.05, 0.1) is 11.4 Å². The largest absolute Gasteiger partial charge is 0.481 e. The number of carbonyl (C=O) groups is 1. The number of aryl methyl sites for hydroxylation is 1. The fourth-order valence-electron chi connectivity index (χ4n) is 3.12. The van der Waals surface area contributed by atoms with Gasteiger partial charge in [-0.25, -0.2) is 4.68 Å². The molecule has 3 aromatic rings. The molecular formula is C22H24ClN3O2. The fraction of sp³-hybridized carbons (Fsp3) is 0.273. The molecule has 0 N–H and O–H groups in total. The van der Waals surface area contributed by atoms with Crippen molar-refractivity contribution in [3.05, 3.63) is 76.6 Å². The van der Waals surface area contributed by atoms with Crippen molar-refractivity contribution in [2.45, 2.75) is 33.4 Å². The molecule has 1 atom stereocenters. The van der Waals surface area contributed by atoms with Crippen LogP contribution >= 0.6 is 11.6 Å². The molecule has 0 aliphatic heterocycles. The molecule has 0 bridgehead atoms. The molecule has 28 heavy (non-hydrogen) atoms. The number of halogens is 1. The van der Waals surface area contributed by atoms with Crippen molar-refractivity contribution < 1.29 is 9.53 Å². The topological polar surface area (TPSA) is 47.4 Å². The quantitative estimate of drug-likeness (QED) is 0.612. The van der Waals surface area contributed by atoms with Crippen LogP contribution in [-0.2, 0) is 11.3 Å². The molecule has 0 aliphatic carbocycles. The number of carbonyl (C=O) groups excluding carboxylic acids is 1. The average molecular weight is 398 g/mol. The zero-order valence-corrected chi connectivity index (χ0v) is 17.3. The summed E-state index contributed by atoms with van der Waals surface area (Å²) in [6.45, 7) is 6.21. The molecule has 0 radical (unpaired) electrons. The molecule has 0 aliphatic rings. The van der Waals surface area contributed by atoms with Crippen LogP contribution in [0.5, 0.6) is 5.75 Å². The number of aromatic nitrogens is 2. The summed E-state index contributed by atoms with van der Waals surface area (Å²) in [6, 6.07) is 17.0. The monoisotopic (exact) mass is 397 g/mol. The van der Waals surface area contributed by atoms with Gasteiger partial charge in [0.1, 0.15) is 5.75 Å². The maximum absolute atomic E-state index is 12.8. The maximum atomic E-state index is 12.8. The lowest BCUT2D eigenvalue weighted by Gasteiger charge is -2.22. The summed E-state index contributed by atoms with van der Waals surface area (Å²) in [7, 11) is 1.78. The van der Waals surface area contributed by atoms with E-state index in [9.17, 15) is 4.79 Å². The Morgan fingerprint density at radius 2 is 1.79 bits per heavy atom. The minimum absolute atomic E-state index is 0.0961. The lowest BCUT2D eigenvalue weighted by molar-refractivity contribution is -0.137. The van der Waals surface area contributed by atoms with E-state index < -0.39 is 6.10 Å². The number of benzene rings is 2. The maximum Gasteiger partial charge on any atom is 0.263 e. The van der Waals surface area contributed by atoms with Crippen molar-refractivity contribution in [2.24, 2.45) is 0 Å². The van der Waals surface area contributed by atoms with Gasteiger partial charge in [0.25, 0.3) is 5.91 Å². The third-order valence-corrected chi connectivity index (χ3v) is 4.94. The van der Waals surface area contributed by atoms with Gasteiger partial charge in [-0.2, -0.15) is 5.10 Å². The van der Waals surface area contributed by atoms with Gasteiger partial charge in [-0.15, -0.1) is 0 Å². The lowest BCUT2D eigenvalue weighted by atomic mass is 10.1. The molecule has 0 fully saturated rings. The van der Waals surface area contributed by atoms with Gasteiger partial charge < -0.3 is 9.64 Å². The van der Waals surface area contributed by atoms with E-state index in [1.807, 2.05) is 48.9 Å². The highest BCUT2D eigenvalue weighted by molar-refractivity contribution is 6.30. The molecule has 2 aromatic carbocycles. The first-order chi connectivity index (χ1) is 13.4. The van der Waals surface area contributed by atoms with Crippen LogP contribution in [-0.4, -0.2) is 33.7 Å². The summed E-state index contributed by atoms with van der Waals surface area (Å²) in [5.74, 6) is 0.518. The number of rotatable bonds is 6. The van der Waals surface area contributed by atoms with Crippen molar-refractivity contribution in [1.29, 1.82) is 0 Å². The van der Waals surface area contributed by atoms with Crippen LogP contribution < -0.4 is 4.74 Å². The Labute approximate surface area is 170 Å². The summed E-state index contributed by atoms with van der Waals surface area (Å²) < 4.78 is 7.67. The Morgan fingerprint density at radius 3 is 2.43 bits per heavy atom. The molecule has 1 heterocycles. The van der Waals surface area contributed by atoms with Crippen molar-refractivity contribution >= 4 is 17.5 Å². The van der Waals surface area contributed by atoms with E-state index in [2.05, 4.69) is 5.10 Å². The molecule has 1 aromatic heterocycles. The number of amides is 1. The average Bonchev–Trinajstić information content (AvgIpc) is 2.98. The van der Waals surface area contributed by atoms with E-state index in [0.717, 1.165) is 22.6 Å². The van der Waals surface area contributed by atoms with Crippen LogP contribution in [0.2, 0.25) is 5.02 Å². The van der Waals surface area contributed by atoms with E-state index in [1.54, 1.807) is 43.1 Å². The fourth-order valence-corrected chi connectivity index (χ4v) is 3.24. The Hall–Kier alpha value is -2.79. The first kappa shape index (κ1) is 20.0. The molecule has 1 amide bonds. The molecule has 0 saturated carbocycles. The number of ether oxygens (including phenoxy) is 1. The van der Waals surface area contributed by atoms with Crippen LogP contribution in [0.1, 0.15) is 23.9 Å². The van der Waals surface area contributed by atoms with Crippen LogP contribution in [0.4, 0.5) is 0 Å². The van der Waals surface area contributed by atoms with Gasteiger partial charge in [-0.05, 0) is 57.2 Å². The third kappa shape index (κ3) is 4.37. The van der Waals surface area contributed by atoms with Crippen molar-refractivity contribution in [3.8, 4) is 11.4 Å². The second kappa shape index (κ2) is 8.48. The normalized spacial score (nSPS) is 11.9. The van der Waals surface area contributed by atoms with Crippen LogP contribution in [0, 0.1) is 13.8 Å². The molecule has 0 saturated heterocycles. The van der Waals surface area contributed by atoms with Gasteiger partial charge in [0.2, 0.25) is 0 Å². The zero-order chi connectivity index (χ0) is 20.3. The minimum Gasteiger partial charge on any atom is -0.481 e. The smallest absolute Gasteiger partial charge is 0.263 e. The predicted molar refractivity (Wildman–Crippen MR) is 111 cm³/mol. The molecule has 6 heteroatoms. The molecule has 3 rings (SSSR count). The molecule has 0 unspecified atom stereocenters. The number of hydrogen-bond acceptors (Lipinski definition) is 3. The standard InChI is InChI=1S/C22H24ClN3O2/c1-15-21(16(2)26(24-15)19-8-6-5-7-9-19)14-25(4)22(27)17(3)28-20-12-10-18(23)11-13-20/h5-13,17H,14H2,1-4H3/t17-/m0/s1. The van der Waals surface area contributed by atoms with E-state index in [4.69, 9.17) is 16.3 Å². The van der Waals surface area contributed by atoms with Crippen LogP contribution in [0.3, 0.4) is 0 Å². The number of nitrogens with zero attached hydrogens (tertiary/aromatic N) is 3. The second-order valence-corrected chi connectivity index (χ2v) is 7.24. The SMILES string of the molecule is Cc1nn(-c2ccccc2)c(C)c1CN(C)C(=O)[C@H](C)Oc1ccc(Cl)cc1. The minimum atomic E-state index is -0.601. The van der Waals surface area contributed by atoms with E-state index in [-0.39, 0.29) is 5.91 Å². The van der Waals surface area contributed by atoms with Crippen molar-refractivity contribution in [3.63, 3.8) is 0 Å². The highest BCUT2D eigenvalue weighted by Gasteiger charge is 2.22. The first-order valence-corrected chi connectivity index (χ1v) is 9.52. The summed E-state index contributed by atoms with van der Waals surface area (Å²) in [6.07, 6.45) is -0.601. The Kier molecular flexibility index (Phi) is 6.05. The second-order valence-electron chi connectivity index (χ2n) is 6.81. The number of likely N-dealkylation sites (N-methyl/N-ethyl adjacent to an activating group) is 1. The predicted octanol–water partition coefficient (Wildman–Crippen LogP) is 4.57. The third-order valence-electron chi connectivity index (χ3n) is 4.69. The summed E-state index contributed by atoms with van der Waals surface area (Å²) in [5, 5.41) is 5.28. The number of para-hydroxylation sites is 1. The summed E-state index contributed by atoms with van der Waals surface area (Å²) in [5.41, 5.74) is 3.98. The van der Waals surface area contributed by atoms with E-state index in [1.165, 1.54) is 0 Å². The van der Waals surface area contributed by atoms with Gasteiger partial charge in [0.15, 0.2) is 6.10 Å². The molecule has 0 spiro atoms. The Morgan fingerprint density at radius 1 is 1.14 bits per heavy atom. The van der Waals surface area contributed by atoms with Crippen molar-refractivity contribution in [2.75, 3.05) is 7.05 Å². The Bertz CT molecular complexity index is 952. The summed E-state index contributed by atoms with van der Waals surface area (Å²) >= 11 is 5.89. The van der Waals surface area contributed by atoms with Crippen LogP contribution in [0.25, 0.3) is 5.69 Å².